The first-order valence-corrected chi connectivity index (χ1v) is 10.8. The van der Waals surface area contributed by atoms with E-state index in [0.29, 0.717) is 36.1 Å². The van der Waals surface area contributed by atoms with E-state index < -0.39 is 0 Å². The van der Waals surface area contributed by atoms with Crippen molar-refractivity contribution < 1.29 is 9.53 Å². The Balaban J connectivity index is 1.37. The summed E-state index contributed by atoms with van der Waals surface area (Å²) in [7, 11) is 0. The van der Waals surface area contributed by atoms with E-state index in [4.69, 9.17) is 15.7 Å². The first kappa shape index (κ1) is 22.0. The molecule has 3 aromatic rings. The number of nitrogens with zero attached hydrogens (tertiary/aromatic N) is 5. The molecular weight excluding hydrogens is 418 g/mol. The number of hydrogen-bond donors (Lipinski definition) is 2. The van der Waals surface area contributed by atoms with Gasteiger partial charge < -0.3 is 20.7 Å². The molecule has 0 spiro atoms. The Morgan fingerprint density at radius 2 is 2.00 bits per heavy atom. The fourth-order valence-electron chi connectivity index (χ4n) is 3.68. The van der Waals surface area contributed by atoms with Crippen molar-refractivity contribution in [1.29, 1.82) is 5.26 Å². The molecule has 3 N–H and O–H groups in total. The number of benzene rings is 2. The van der Waals surface area contributed by atoms with Gasteiger partial charge >= 0.3 is 0 Å². The number of hydrogen-bond acceptors (Lipinski definition) is 8. The molecule has 4 rings (SSSR count). The Labute approximate surface area is 192 Å². The second-order valence-electron chi connectivity index (χ2n) is 7.86. The number of nitriles is 1. The van der Waals surface area contributed by atoms with Gasteiger partial charge in [-0.25, -0.2) is 0 Å². The van der Waals surface area contributed by atoms with Gasteiger partial charge in [-0.1, -0.05) is 12.1 Å². The predicted molar refractivity (Wildman–Crippen MR) is 125 cm³/mol. The largest absolute Gasteiger partial charge is 0.486 e. The van der Waals surface area contributed by atoms with Crippen LogP contribution in [0.3, 0.4) is 0 Å². The van der Waals surface area contributed by atoms with Gasteiger partial charge in [0.1, 0.15) is 12.4 Å². The lowest BCUT2D eigenvalue weighted by atomic mass is 10.1. The van der Waals surface area contributed by atoms with E-state index in [1.807, 2.05) is 37.3 Å². The minimum absolute atomic E-state index is 0.108. The lowest BCUT2D eigenvalue weighted by molar-refractivity contribution is -0.117. The molecule has 33 heavy (non-hydrogen) atoms. The van der Waals surface area contributed by atoms with Crippen LogP contribution in [0.5, 0.6) is 5.75 Å². The van der Waals surface area contributed by atoms with E-state index in [1.165, 1.54) is 0 Å². The molecule has 168 valence electrons. The monoisotopic (exact) mass is 443 g/mol. The third-order valence-electron chi connectivity index (χ3n) is 5.27. The summed E-state index contributed by atoms with van der Waals surface area (Å²) in [5.74, 6) is 1.66. The minimum Gasteiger partial charge on any atom is -0.486 e. The summed E-state index contributed by atoms with van der Waals surface area (Å²) in [5, 5.41) is 12.0. The van der Waals surface area contributed by atoms with Crippen LogP contribution >= 0.6 is 0 Å². The summed E-state index contributed by atoms with van der Waals surface area (Å²) in [6, 6.07) is 15.3. The molecule has 1 aromatic heterocycles. The summed E-state index contributed by atoms with van der Waals surface area (Å²) in [6.07, 6.45) is 2.19. The van der Waals surface area contributed by atoms with Crippen molar-refractivity contribution in [3.63, 3.8) is 0 Å². The molecule has 0 radical (unpaired) electrons. The van der Waals surface area contributed by atoms with Crippen molar-refractivity contribution >= 4 is 23.5 Å². The molecule has 2 heterocycles. The average Bonchev–Trinajstić information content (AvgIpc) is 3.23. The summed E-state index contributed by atoms with van der Waals surface area (Å²) >= 11 is 0. The van der Waals surface area contributed by atoms with Crippen LogP contribution in [-0.2, 0) is 17.8 Å². The van der Waals surface area contributed by atoms with Crippen LogP contribution in [0.4, 0.5) is 17.6 Å². The second kappa shape index (κ2) is 9.96. The van der Waals surface area contributed by atoms with Crippen LogP contribution in [0.2, 0.25) is 0 Å². The van der Waals surface area contributed by atoms with Crippen LogP contribution in [0.15, 0.2) is 42.5 Å². The summed E-state index contributed by atoms with van der Waals surface area (Å²) in [4.78, 5) is 26.6. The van der Waals surface area contributed by atoms with Crippen LogP contribution in [0.1, 0.15) is 35.4 Å². The molecule has 1 aliphatic heterocycles. The van der Waals surface area contributed by atoms with Crippen molar-refractivity contribution in [1.82, 2.24) is 15.0 Å². The quantitative estimate of drug-likeness (QED) is 0.543. The highest BCUT2D eigenvalue weighted by molar-refractivity contribution is 5.95. The highest BCUT2D eigenvalue weighted by Gasteiger charge is 2.22. The van der Waals surface area contributed by atoms with Gasteiger partial charge in [0.05, 0.1) is 11.6 Å². The van der Waals surface area contributed by atoms with E-state index in [2.05, 4.69) is 26.3 Å². The number of nitrogen functional groups attached to an aromatic ring is 1. The Kier molecular flexibility index (Phi) is 6.64. The van der Waals surface area contributed by atoms with Crippen LogP contribution in [-0.4, -0.2) is 33.9 Å². The Hall–Kier alpha value is -4.19. The molecule has 1 amide bonds. The molecule has 0 unspecified atom stereocenters. The number of aromatic nitrogens is 3. The van der Waals surface area contributed by atoms with Crippen molar-refractivity contribution in [3.8, 4) is 11.8 Å². The summed E-state index contributed by atoms with van der Waals surface area (Å²) in [6.45, 7) is 3.41. The number of carbonyl (C=O) groups is 1. The number of nitrogens with one attached hydrogen (secondary N) is 1. The molecule has 0 aliphatic carbocycles. The maximum atomic E-state index is 12.1. The number of anilines is 3. The molecule has 0 atom stereocenters. The zero-order chi connectivity index (χ0) is 23.2. The Morgan fingerprint density at radius 3 is 2.73 bits per heavy atom. The van der Waals surface area contributed by atoms with Crippen LogP contribution < -0.4 is 20.7 Å². The summed E-state index contributed by atoms with van der Waals surface area (Å²) < 4.78 is 5.91. The molecule has 0 saturated carbocycles. The molecule has 9 heteroatoms. The fourth-order valence-corrected chi connectivity index (χ4v) is 3.68. The highest BCUT2D eigenvalue weighted by atomic mass is 16.5. The smallest absolute Gasteiger partial charge is 0.227 e. The van der Waals surface area contributed by atoms with Gasteiger partial charge in [0.25, 0.3) is 0 Å². The SMILES string of the molecule is Cc1cc(OCc2nc(N)nc(NCCc3ccc(C#N)cc3)n2)cc(N2CCCC2=O)c1. The van der Waals surface area contributed by atoms with Crippen molar-refractivity contribution in [2.75, 3.05) is 29.0 Å². The van der Waals surface area contributed by atoms with Gasteiger partial charge in [0, 0.05) is 31.3 Å². The normalized spacial score (nSPS) is 13.1. The Bertz CT molecular complexity index is 1190. The van der Waals surface area contributed by atoms with Crippen molar-refractivity contribution in [2.45, 2.75) is 32.8 Å². The number of ether oxygens (including phenoxy) is 1. The zero-order valence-corrected chi connectivity index (χ0v) is 18.4. The molecule has 1 fully saturated rings. The number of carbonyl (C=O) groups excluding carboxylic acids is 1. The average molecular weight is 444 g/mol. The number of rotatable bonds is 8. The number of amides is 1. The first-order valence-electron chi connectivity index (χ1n) is 10.8. The molecule has 2 aromatic carbocycles. The van der Waals surface area contributed by atoms with E-state index in [0.717, 1.165) is 36.2 Å². The van der Waals surface area contributed by atoms with Crippen LogP contribution in [0.25, 0.3) is 0 Å². The zero-order valence-electron chi connectivity index (χ0n) is 18.4. The topological polar surface area (TPSA) is 130 Å². The lowest BCUT2D eigenvalue weighted by Crippen LogP contribution is -2.23. The lowest BCUT2D eigenvalue weighted by Gasteiger charge is -2.18. The van der Waals surface area contributed by atoms with Gasteiger partial charge in [-0.05, 0) is 55.2 Å². The first-order chi connectivity index (χ1) is 16.0. The van der Waals surface area contributed by atoms with Gasteiger partial charge in [-0.2, -0.15) is 20.2 Å². The van der Waals surface area contributed by atoms with Gasteiger partial charge in [-0.15, -0.1) is 0 Å². The summed E-state index contributed by atoms with van der Waals surface area (Å²) in [5.41, 5.74) is 9.43. The van der Waals surface area contributed by atoms with Crippen molar-refractivity contribution in [2.24, 2.45) is 0 Å². The Morgan fingerprint density at radius 1 is 1.18 bits per heavy atom. The number of nitrogens with two attached hydrogens (primary N) is 1. The van der Waals surface area contributed by atoms with E-state index in [1.54, 1.807) is 17.0 Å². The van der Waals surface area contributed by atoms with E-state index >= 15 is 0 Å². The maximum absolute atomic E-state index is 12.1. The second-order valence-corrected chi connectivity index (χ2v) is 7.86. The maximum Gasteiger partial charge on any atom is 0.227 e. The third kappa shape index (κ3) is 5.74. The molecule has 0 bridgehead atoms. The van der Waals surface area contributed by atoms with Gasteiger partial charge in [-0.3, -0.25) is 4.79 Å². The number of aryl methyl sites for hydroxylation is 1. The van der Waals surface area contributed by atoms with Gasteiger partial charge in [0.15, 0.2) is 5.82 Å². The third-order valence-corrected chi connectivity index (χ3v) is 5.27. The van der Waals surface area contributed by atoms with E-state index in [-0.39, 0.29) is 18.5 Å². The molecular formula is C24H25N7O2. The molecule has 1 saturated heterocycles. The van der Waals surface area contributed by atoms with Gasteiger partial charge in [0.2, 0.25) is 17.8 Å². The van der Waals surface area contributed by atoms with Crippen LogP contribution in [0, 0.1) is 18.3 Å². The molecule has 1 aliphatic rings. The fraction of sp³-hybridized carbons (Fsp3) is 0.292. The van der Waals surface area contributed by atoms with E-state index in [9.17, 15) is 4.79 Å². The molecule has 9 nitrogen and oxygen atoms in total. The minimum atomic E-state index is 0.108. The standard InChI is InChI=1S/C24H25N7O2/c1-16-11-19(31-10-2-3-22(31)32)13-20(12-16)33-15-21-28-23(26)30-24(29-21)27-9-8-17-4-6-18(14-25)7-5-17/h4-7,11-13H,2-3,8-10,15H2,1H3,(H3,26,27,28,29,30). The van der Waals surface area contributed by atoms with Crippen molar-refractivity contribution in [3.05, 3.63) is 65.0 Å². The highest BCUT2D eigenvalue weighted by Crippen LogP contribution is 2.27. The predicted octanol–water partition coefficient (Wildman–Crippen LogP) is 2.99.